The van der Waals surface area contributed by atoms with Crippen LogP contribution in [0.3, 0.4) is 0 Å². The Kier molecular flexibility index (Phi) is 3.89. The van der Waals surface area contributed by atoms with Crippen molar-refractivity contribution >= 4 is 23.1 Å². The second kappa shape index (κ2) is 5.28. The smallest absolute Gasteiger partial charge is 0.348 e. The van der Waals surface area contributed by atoms with Crippen LogP contribution < -0.4 is 4.90 Å². The van der Waals surface area contributed by atoms with Crippen LogP contribution in [0.15, 0.2) is 6.33 Å². The van der Waals surface area contributed by atoms with Crippen LogP contribution in [0, 0.1) is 22.0 Å². The first-order valence-electron chi connectivity index (χ1n) is 6.33. The molecular formula is C12H17ClN4O2. The highest BCUT2D eigenvalue weighted by Gasteiger charge is 2.35. The molecule has 1 aromatic rings. The van der Waals surface area contributed by atoms with E-state index in [1.54, 1.807) is 0 Å². The van der Waals surface area contributed by atoms with Gasteiger partial charge in [-0.1, -0.05) is 25.4 Å². The van der Waals surface area contributed by atoms with Crippen molar-refractivity contribution in [2.45, 2.75) is 33.2 Å². The lowest BCUT2D eigenvalue weighted by Crippen LogP contribution is -2.46. The summed E-state index contributed by atoms with van der Waals surface area (Å²) in [7, 11) is 0. The zero-order valence-electron chi connectivity index (χ0n) is 11.2. The standard InChI is InChI=1S/C12H17ClN4O2/c1-7-4-8(2)9(3)16(5-7)12-10(17(18)19)11(13)14-6-15-12/h6-9H,4-5H2,1-3H3. The second-order valence-corrected chi connectivity index (χ2v) is 5.66. The van der Waals surface area contributed by atoms with E-state index < -0.39 is 4.92 Å². The molecule has 0 bridgehead atoms. The van der Waals surface area contributed by atoms with Crippen molar-refractivity contribution in [2.75, 3.05) is 11.4 Å². The molecule has 1 saturated heterocycles. The van der Waals surface area contributed by atoms with Gasteiger partial charge in [0.05, 0.1) is 4.92 Å². The van der Waals surface area contributed by atoms with Crippen molar-refractivity contribution in [1.82, 2.24) is 9.97 Å². The molecule has 1 fully saturated rings. The molecule has 2 heterocycles. The molecule has 0 amide bonds. The lowest BCUT2D eigenvalue weighted by molar-refractivity contribution is -0.384. The summed E-state index contributed by atoms with van der Waals surface area (Å²) in [5.74, 6) is 1.26. The molecule has 3 atom stereocenters. The van der Waals surface area contributed by atoms with E-state index in [2.05, 4.69) is 30.7 Å². The Morgan fingerprint density at radius 2 is 2.11 bits per heavy atom. The normalized spacial score (nSPS) is 27.4. The molecule has 19 heavy (non-hydrogen) atoms. The van der Waals surface area contributed by atoms with Gasteiger partial charge in [-0.2, -0.15) is 0 Å². The number of hydrogen-bond acceptors (Lipinski definition) is 5. The van der Waals surface area contributed by atoms with Crippen LogP contribution in [0.1, 0.15) is 27.2 Å². The van der Waals surface area contributed by atoms with Gasteiger partial charge in [-0.15, -0.1) is 0 Å². The Bertz CT molecular complexity index is 497. The third kappa shape index (κ3) is 2.63. The van der Waals surface area contributed by atoms with E-state index in [4.69, 9.17) is 11.6 Å². The van der Waals surface area contributed by atoms with Crippen LogP contribution in [0.2, 0.25) is 5.15 Å². The van der Waals surface area contributed by atoms with Gasteiger partial charge in [-0.05, 0) is 25.2 Å². The first-order chi connectivity index (χ1) is 8.91. The van der Waals surface area contributed by atoms with Crippen LogP contribution in [-0.2, 0) is 0 Å². The van der Waals surface area contributed by atoms with E-state index in [1.165, 1.54) is 6.33 Å². The minimum Gasteiger partial charge on any atom is -0.348 e. The predicted molar refractivity (Wildman–Crippen MR) is 73.4 cm³/mol. The maximum Gasteiger partial charge on any atom is 0.348 e. The first-order valence-corrected chi connectivity index (χ1v) is 6.71. The molecule has 0 aliphatic carbocycles. The lowest BCUT2D eigenvalue weighted by atomic mass is 9.86. The molecule has 0 radical (unpaired) electrons. The van der Waals surface area contributed by atoms with Gasteiger partial charge >= 0.3 is 5.69 Å². The number of nitrogens with zero attached hydrogens (tertiary/aromatic N) is 4. The summed E-state index contributed by atoms with van der Waals surface area (Å²) in [6, 6.07) is 0.195. The summed E-state index contributed by atoms with van der Waals surface area (Å²) in [6.07, 6.45) is 2.39. The molecule has 104 valence electrons. The highest BCUT2D eigenvalue weighted by Crippen LogP contribution is 2.37. The van der Waals surface area contributed by atoms with E-state index >= 15 is 0 Å². The summed E-state index contributed by atoms with van der Waals surface area (Å²) in [6.45, 7) is 7.11. The van der Waals surface area contributed by atoms with Crippen LogP contribution in [0.4, 0.5) is 11.5 Å². The van der Waals surface area contributed by atoms with E-state index in [-0.39, 0.29) is 16.9 Å². The highest BCUT2D eigenvalue weighted by molar-refractivity contribution is 6.31. The molecular weight excluding hydrogens is 268 g/mol. The van der Waals surface area contributed by atoms with Crippen molar-refractivity contribution in [2.24, 2.45) is 11.8 Å². The highest BCUT2D eigenvalue weighted by atomic mass is 35.5. The average molecular weight is 285 g/mol. The Morgan fingerprint density at radius 1 is 1.42 bits per heavy atom. The van der Waals surface area contributed by atoms with Crippen LogP contribution in [0.5, 0.6) is 0 Å². The van der Waals surface area contributed by atoms with Gasteiger partial charge in [-0.3, -0.25) is 10.1 Å². The number of hydrogen-bond donors (Lipinski definition) is 0. The van der Waals surface area contributed by atoms with Crippen molar-refractivity contribution in [3.8, 4) is 0 Å². The molecule has 7 heteroatoms. The van der Waals surface area contributed by atoms with Gasteiger partial charge in [0.15, 0.2) is 0 Å². The second-order valence-electron chi connectivity index (χ2n) is 5.30. The molecule has 1 aromatic heterocycles. The van der Waals surface area contributed by atoms with E-state index in [1.807, 2.05) is 4.90 Å². The molecule has 6 nitrogen and oxygen atoms in total. The number of nitro groups is 1. The summed E-state index contributed by atoms with van der Waals surface area (Å²) >= 11 is 5.84. The molecule has 1 aliphatic rings. The average Bonchev–Trinajstić information content (AvgIpc) is 2.33. The largest absolute Gasteiger partial charge is 0.348 e. The van der Waals surface area contributed by atoms with Gasteiger partial charge in [0, 0.05) is 12.6 Å². The van der Waals surface area contributed by atoms with Gasteiger partial charge in [-0.25, -0.2) is 9.97 Å². The number of anilines is 1. The maximum atomic E-state index is 11.2. The molecule has 0 spiro atoms. The third-order valence-electron chi connectivity index (χ3n) is 3.81. The van der Waals surface area contributed by atoms with Gasteiger partial charge in [0.2, 0.25) is 11.0 Å². The Labute approximate surface area is 117 Å². The van der Waals surface area contributed by atoms with E-state index in [0.717, 1.165) is 13.0 Å². The summed E-state index contributed by atoms with van der Waals surface area (Å²) in [4.78, 5) is 20.4. The van der Waals surface area contributed by atoms with Gasteiger partial charge in [0.25, 0.3) is 0 Å². The summed E-state index contributed by atoms with van der Waals surface area (Å²) < 4.78 is 0. The monoisotopic (exact) mass is 284 g/mol. The minimum absolute atomic E-state index is 0.104. The van der Waals surface area contributed by atoms with Crippen molar-refractivity contribution in [3.63, 3.8) is 0 Å². The molecule has 0 N–H and O–H groups in total. The summed E-state index contributed by atoms with van der Waals surface area (Å²) in [5, 5.41) is 11.1. The molecule has 2 rings (SSSR count). The van der Waals surface area contributed by atoms with E-state index in [9.17, 15) is 10.1 Å². The fourth-order valence-corrected chi connectivity index (χ4v) is 2.91. The van der Waals surface area contributed by atoms with Gasteiger partial charge < -0.3 is 4.90 Å². The van der Waals surface area contributed by atoms with Crippen LogP contribution in [-0.4, -0.2) is 27.5 Å². The fourth-order valence-electron chi connectivity index (χ4n) is 2.71. The SMILES string of the molecule is CC1CC(C)C(C)N(c2ncnc(Cl)c2[N+](=O)[O-])C1. The number of piperidine rings is 1. The minimum atomic E-state index is -0.506. The number of rotatable bonds is 2. The quantitative estimate of drug-likeness (QED) is 0.474. The third-order valence-corrected chi connectivity index (χ3v) is 4.09. The Balaban J connectivity index is 2.46. The number of aromatic nitrogens is 2. The zero-order valence-corrected chi connectivity index (χ0v) is 12.0. The fraction of sp³-hybridized carbons (Fsp3) is 0.667. The van der Waals surface area contributed by atoms with Crippen molar-refractivity contribution in [3.05, 3.63) is 21.6 Å². The Hall–Kier alpha value is -1.43. The molecule has 1 aliphatic heterocycles. The van der Waals surface area contributed by atoms with E-state index in [0.29, 0.717) is 17.7 Å². The molecule has 0 aromatic carbocycles. The van der Waals surface area contributed by atoms with Crippen LogP contribution >= 0.6 is 11.6 Å². The Morgan fingerprint density at radius 3 is 2.74 bits per heavy atom. The van der Waals surface area contributed by atoms with Crippen LogP contribution in [0.25, 0.3) is 0 Å². The molecule has 0 saturated carbocycles. The lowest BCUT2D eigenvalue weighted by Gasteiger charge is -2.41. The van der Waals surface area contributed by atoms with Crippen molar-refractivity contribution < 1.29 is 4.92 Å². The molecule has 3 unspecified atom stereocenters. The van der Waals surface area contributed by atoms with Gasteiger partial charge in [0.1, 0.15) is 6.33 Å². The first kappa shape index (κ1) is 14.0. The maximum absolute atomic E-state index is 11.2. The van der Waals surface area contributed by atoms with Crippen molar-refractivity contribution in [1.29, 1.82) is 0 Å². The topological polar surface area (TPSA) is 72.2 Å². The zero-order chi connectivity index (χ0) is 14.2. The number of halogens is 1. The predicted octanol–water partition coefficient (Wildman–Crippen LogP) is 2.91. The summed E-state index contributed by atoms with van der Waals surface area (Å²) in [5.41, 5.74) is -0.197.